The van der Waals surface area contributed by atoms with Gasteiger partial charge in [-0.05, 0) is 32.1 Å². The Morgan fingerprint density at radius 1 is 1.63 bits per heavy atom. The van der Waals surface area contributed by atoms with Crippen molar-refractivity contribution in [2.45, 2.75) is 45.6 Å². The van der Waals surface area contributed by atoms with E-state index in [9.17, 15) is 4.79 Å². The summed E-state index contributed by atoms with van der Waals surface area (Å²) in [5.41, 5.74) is 0. The van der Waals surface area contributed by atoms with Crippen LogP contribution in [-0.4, -0.2) is 35.5 Å². The van der Waals surface area contributed by atoms with Crippen molar-refractivity contribution in [3.63, 3.8) is 0 Å². The first-order valence-corrected chi connectivity index (χ1v) is 7.87. The predicted octanol–water partition coefficient (Wildman–Crippen LogP) is 2.69. The van der Waals surface area contributed by atoms with E-state index in [1.807, 2.05) is 18.1 Å². The van der Waals surface area contributed by atoms with Gasteiger partial charge in [0.25, 0.3) is 0 Å². The third-order valence-corrected chi connectivity index (χ3v) is 5.00. The van der Waals surface area contributed by atoms with Crippen molar-refractivity contribution < 1.29 is 4.79 Å². The van der Waals surface area contributed by atoms with Crippen LogP contribution in [0, 0.1) is 5.92 Å². The smallest absolute Gasteiger partial charge is 0.317 e. The molecular formula is C14H23N3OS. The van der Waals surface area contributed by atoms with Gasteiger partial charge < -0.3 is 10.2 Å². The van der Waals surface area contributed by atoms with Gasteiger partial charge in [0.2, 0.25) is 0 Å². The van der Waals surface area contributed by atoms with E-state index in [-0.39, 0.29) is 6.03 Å². The highest BCUT2D eigenvalue weighted by Crippen LogP contribution is 2.34. The molecule has 1 heterocycles. The second kappa shape index (κ2) is 6.37. The predicted molar refractivity (Wildman–Crippen MR) is 78.5 cm³/mol. The van der Waals surface area contributed by atoms with Gasteiger partial charge in [0.05, 0.1) is 5.01 Å². The lowest BCUT2D eigenvalue weighted by Gasteiger charge is -2.25. The van der Waals surface area contributed by atoms with Crippen LogP contribution in [-0.2, 0) is 12.8 Å². The normalized spacial score (nSPS) is 16.2. The average Bonchev–Trinajstić information content (AvgIpc) is 3.17. The molecule has 106 valence electrons. The van der Waals surface area contributed by atoms with Crippen LogP contribution in [0.25, 0.3) is 0 Å². The molecule has 19 heavy (non-hydrogen) atoms. The molecule has 0 radical (unpaired) electrons. The molecule has 1 aromatic rings. The first-order chi connectivity index (χ1) is 9.11. The van der Waals surface area contributed by atoms with Crippen molar-refractivity contribution in [3.8, 4) is 0 Å². The van der Waals surface area contributed by atoms with Gasteiger partial charge in [-0.25, -0.2) is 9.78 Å². The summed E-state index contributed by atoms with van der Waals surface area (Å²) >= 11 is 1.74. The SMILES string of the molecule is CCc1cnc(CCNC(=O)N(C)C(C)C2CC2)s1. The first-order valence-electron chi connectivity index (χ1n) is 7.06. The van der Waals surface area contributed by atoms with Crippen molar-refractivity contribution in [2.24, 2.45) is 5.92 Å². The maximum Gasteiger partial charge on any atom is 0.317 e. The minimum atomic E-state index is 0.0340. The van der Waals surface area contributed by atoms with Gasteiger partial charge in [0.15, 0.2) is 0 Å². The minimum absolute atomic E-state index is 0.0340. The zero-order valence-corrected chi connectivity index (χ0v) is 12.8. The van der Waals surface area contributed by atoms with E-state index in [1.54, 1.807) is 11.3 Å². The molecule has 1 fully saturated rings. The second-order valence-corrected chi connectivity index (χ2v) is 6.44. The molecule has 0 spiro atoms. The number of carbonyl (C=O) groups excluding carboxylic acids is 1. The van der Waals surface area contributed by atoms with E-state index >= 15 is 0 Å². The Hall–Kier alpha value is -1.10. The third-order valence-electron chi connectivity index (χ3n) is 3.80. The van der Waals surface area contributed by atoms with Crippen molar-refractivity contribution in [2.75, 3.05) is 13.6 Å². The topological polar surface area (TPSA) is 45.2 Å². The lowest BCUT2D eigenvalue weighted by Crippen LogP contribution is -2.43. The van der Waals surface area contributed by atoms with Crippen LogP contribution in [0.5, 0.6) is 0 Å². The lowest BCUT2D eigenvalue weighted by molar-refractivity contribution is 0.188. The van der Waals surface area contributed by atoms with Crippen LogP contribution < -0.4 is 5.32 Å². The highest BCUT2D eigenvalue weighted by atomic mass is 32.1. The fourth-order valence-corrected chi connectivity index (χ4v) is 2.97. The number of aromatic nitrogens is 1. The van der Waals surface area contributed by atoms with Crippen LogP contribution >= 0.6 is 11.3 Å². The molecule has 0 aromatic carbocycles. The fourth-order valence-electron chi connectivity index (χ4n) is 2.11. The summed E-state index contributed by atoms with van der Waals surface area (Å²) in [5.74, 6) is 0.710. The highest BCUT2D eigenvalue weighted by molar-refractivity contribution is 7.11. The summed E-state index contributed by atoms with van der Waals surface area (Å²) in [5, 5.41) is 4.08. The zero-order chi connectivity index (χ0) is 13.8. The zero-order valence-electron chi connectivity index (χ0n) is 12.0. The van der Waals surface area contributed by atoms with Crippen molar-refractivity contribution in [3.05, 3.63) is 16.1 Å². The molecule has 0 bridgehead atoms. The summed E-state index contributed by atoms with van der Waals surface area (Å²) in [6.07, 6.45) is 6.31. The van der Waals surface area contributed by atoms with Crippen LogP contribution in [0.2, 0.25) is 0 Å². The number of carbonyl (C=O) groups is 1. The summed E-state index contributed by atoms with van der Waals surface area (Å²) in [6.45, 7) is 4.93. The number of aryl methyl sites for hydroxylation is 1. The number of amides is 2. The van der Waals surface area contributed by atoms with Gasteiger partial charge in [0.1, 0.15) is 0 Å². The van der Waals surface area contributed by atoms with E-state index in [1.165, 1.54) is 17.7 Å². The van der Waals surface area contributed by atoms with Gasteiger partial charge in [-0.2, -0.15) is 0 Å². The Kier molecular flexibility index (Phi) is 4.80. The van der Waals surface area contributed by atoms with Crippen LogP contribution in [0.1, 0.15) is 36.6 Å². The van der Waals surface area contributed by atoms with Gasteiger partial charge in [0, 0.05) is 37.1 Å². The number of nitrogens with one attached hydrogen (secondary N) is 1. The molecule has 1 aliphatic rings. The van der Waals surface area contributed by atoms with E-state index in [2.05, 4.69) is 24.1 Å². The Balaban J connectivity index is 1.70. The van der Waals surface area contributed by atoms with Gasteiger partial charge in [-0.15, -0.1) is 11.3 Å². The molecule has 1 aromatic heterocycles. The van der Waals surface area contributed by atoms with Crippen molar-refractivity contribution in [1.29, 1.82) is 0 Å². The van der Waals surface area contributed by atoms with Crippen LogP contribution in [0.3, 0.4) is 0 Å². The number of nitrogens with zero attached hydrogens (tertiary/aromatic N) is 2. The lowest BCUT2D eigenvalue weighted by atomic mass is 10.2. The molecule has 0 aliphatic heterocycles. The number of hydrogen-bond donors (Lipinski definition) is 1. The molecule has 5 heteroatoms. The number of hydrogen-bond acceptors (Lipinski definition) is 3. The molecule has 1 aliphatic carbocycles. The Bertz CT molecular complexity index is 428. The Morgan fingerprint density at radius 2 is 2.37 bits per heavy atom. The summed E-state index contributed by atoms with van der Waals surface area (Å²) in [6, 6.07) is 0.387. The molecule has 1 N–H and O–H groups in total. The molecule has 2 amide bonds. The molecule has 1 unspecified atom stereocenters. The van der Waals surface area contributed by atoms with Gasteiger partial charge in [-0.3, -0.25) is 0 Å². The Morgan fingerprint density at radius 3 is 2.95 bits per heavy atom. The summed E-state index contributed by atoms with van der Waals surface area (Å²) < 4.78 is 0. The molecule has 0 saturated heterocycles. The average molecular weight is 281 g/mol. The van der Waals surface area contributed by atoms with E-state index in [4.69, 9.17) is 0 Å². The third kappa shape index (κ3) is 3.93. The highest BCUT2D eigenvalue weighted by Gasteiger charge is 2.32. The van der Waals surface area contributed by atoms with Gasteiger partial charge >= 0.3 is 6.03 Å². The maximum atomic E-state index is 12.0. The quantitative estimate of drug-likeness (QED) is 0.871. The number of rotatable bonds is 6. The van der Waals surface area contributed by atoms with E-state index in [0.29, 0.717) is 18.5 Å². The summed E-state index contributed by atoms with van der Waals surface area (Å²) in [4.78, 5) is 19.5. The molecular weight excluding hydrogens is 258 g/mol. The molecule has 4 nitrogen and oxygen atoms in total. The molecule has 1 saturated carbocycles. The van der Waals surface area contributed by atoms with Crippen LogP contribution in [0.4, 0.5) is 4.79 Å². The number of thiazole rings is 1. The van der Waals surface area contributed by atoms with Gasteiger partial charge in [-0.1, -0.05) is 6.92 Å². The summed E-state index contributed by atoms with van der Waals surface area (Å²) in [7, 11) is 1.89. The first kappa shape index (κ1) is 14.3. The standard InChI is InChI=1S/C14H23N3OS/c1-4-12-9-16-13(19-12)7-8-15-14(18)17(3)10(2)11-5-6-11/h9-11H,4-8H2,1-3H3,(H,15,18). The Labute approximate surface area is 119 Å². The van der Waals surface area contributed by atoms with E-state index in [0.717, 1.165) is 17.8 Å². The maximum absolute atomic E-state index is 12.0. The molecule has 1 atom stereocenters. The molecule has 2 rings (SSSR count). The largest absolute Gasteiger partial charge is 0.338 e. The minimum Gasteiger partial charge on any atom is -0.338 e. The second-order valence-electron chi connectivity index (χ2n) is 5.24. The van der Waals surface area contributed by atoms with Crippen molar-refractivity contribution >= 4 is 17.4 Å². The van der Waals surface area contributed by atoms with Crippen LogP contribution in [0.15, 0.2) is 6.20 Å². The van der Waals surface area contributed by atoms with E-state index < -0.39 is 0 Å². The monoisotopic (exact) mass is 281 g/mol. The van der Waals surface area contributed by atoms with Crippen molar-refractivity contribution in [1.82, 2.24) is 15.2 Å². The fraction of sp³-hybridized carbons (Fsp3) is 0.714. The number of urea groups is 1.